The Balaban J connectivity index is 2.20. The average Bonchev–Trinajstić information content (AvgIpc) is 2.46. The van der Waals surface area contributed by atoms with Crippen molar-refractivity contribution in [1.82, 2.24) is 4.90 Å². The number of carbonyl (C=O) groups excluding carboxylic acids is 1. The number of halogens is 3. The van der Waals surface area contributed by atoms with Gasteiger partial charge in [0.05, 0.1) is 18.0 Å². The molecule has 1 aliphatic heterocycles. The highest BCUT2D eigenvalue weighted by Crippen LogP contribution is 2.27. The van der Waals surface area contributed by atoms with Gasteiger partial charge < -0.3 is 9.64 Å². The number of hydrogen-bond donors (Lipinski definition) is 0. The molecule has 0 saturated carbocycles. The van der Waals surface area contributed by atoms with Crippen molar-refractivity contribution in [3.8, 4) is 0 Å². The zero-order valence-electron chi connectivity index (χ0n) is 10.7. The van der Waals surface area contributed by atoms with Crippen LogP contribution in [0.2, 0.25) is 0 Å². The molecular formula is C12H12F3NO4S. The van der Waals surface area contributed by atoms with Crippen LogP contribution in [0.15, 0.2) is 35.2 Å². The normalized spacial score (nSPS) is 20.3. The lowest BCUT2D eigenvalue weighted by Gasteiger charge is -2.33. The number of sulfone groups is 1. The summed E-state index contributed by atoms with van der Waals surface area (Å²) in [6.45, 7) is -1.38. The molecule has 1 atom stereocenters. The van der Waals surface area contributed by atoms with Gasteiger partial charge in [-0.3, -0.25) is 4.79 Å². The number of amides is 1. The first-order valence-corrected chi connectivity index (χ1v) is 7.48. The number of carbonyl (C=O) groups is 1. The molecule has 0 N–H and O–H groups in total. The van der Waals surface area contributed by atoms with Crippen LogP contribution in [-0.4, -0.2) is 50.5 Å². The molecule has 0 bridgehead atoms. The molecule has 5 nitrogen and oxygen atoms in total. The minimum atomic E-state index is -4.64. The van der Waals surface area contributed by atoms with Crippen LogP contribution in [0, 0.1) is 0 Å². The first-order chi connectivity index (χ1) is 9.73. The van der Waals surface area contributed by atoms with E-state index in [9.17, 15) is 26.4 Å². The fraction of sp³-hybridized carbons (Fsp3) is 0.417. The van der Waals surface area contributed by atoms with Crippen molar-refractivity contribution < 1.29 is 31.1 Å². The number of nitrogens with zero attached hydrogens (tertiary/aromatic N) is 1. The molecule has 116 valence electrons. The van der Waals surface area contributed by atoms with E-state index in [1.807, 2.05) is 0 Å². The first kappa shape index (κ1) is 15.8. The Morgan fingerprint density at radius 1 is 1.24 bits per heavy atom. The molecule has 9 heteroatoms. The monoisotopic (exact) mass is 323 g/mol. The third kappa shape index (κ3) is 3.35. The molecule has 1 heterocycles. The molecule has 0 aromatic heterocycles. The van der Waals surface area contributed by atoms with Gasteiger partial charge in [0.2, 0.25) is 0 Å². The molecule has 1 unspecified atom stereocenters. The van der Waals surface area contributed by atoms with Crippen molar-refractivity contribution in [3.63, 3.8) is 0 Å². The predicted molar refractivity (Wildman–Crippen MR) is 66.4 cm³/mol. The van der Waals surface area contributed by atoms with E-state index in [2.05, 4.69) is 4.74 Å². The lowest BCUT2D eigenvalue weighted by Crippen LogP contribution is -2.52. The van der Waals surface area contributed by atoms with E-state index in [1.54, 1.807) is 6.07 Å². The van der Waals surface area contributed by atoms with E-state index in [0.29, 0.717) is 4.90 Å². The smallest absolute Gasteiger partial charge is 0.365 e. The van der Waals surface area contributed by atoms with Crippen molar-refractivity contribution in [2.45, 2.75) is 17.2 Å². The summed E-state index contributed by atoms with van der Waals surface area (Å²) in [6.07, 6.45) is -6.81. The Labute approximate surface area is 119 Å². The van der Waals surface area contributed by atoms with Gasteiger partial charge in [-0.15, -0.1) is 0 Å². The Bertz CT molecular complexity index is 615. The SMILES string of the molecule is O=C(N1CCOC(C(F)(F)F)C1)S(=O)(=O)c1ccccc1. The summed E-state index contributed by atoms with van der Waals surface area (Å²) in [7, 11) is -4.34. The fourth-order valence-corrected chi connectivity index (χ4v) is 3.11. The number of rotatable bonds is 1. The topological polar surface area (TPSA) is 63.7 Å². The second-order valence-electron chi connectivity index (χ2n) is 4.43. The van der Waals surface area contributed by atoms with Gasteiger partial charge in [0, 0.05) is 6.54 Å². The summed E-state index contributed by atoms with van der Waals surface area (Å²) in [4.78, 5) is 12.4. The number of alkyl halides is 3. The lowest BCUT2D eigenvalue weighted by atomic mass is 10.3. The zero-order chi connectivity index (χ0) is 15.7. The maximum Gasteiger partial charge on any atom is 0.416 e. The highest BCUT2D eigenvalue weighted by Gasteiger charge is 2.45. The molecular weight excluding hydrogens is 311 g/mol. The van der Waals surface area contributed by atoms with Crippen molar-refractivity contribution in [2.24, 2.45) is 0 Å². The Kier molecular flexibility index (Phi) is 4.24. The van der Waals surface area contributed by atoms with Crippen molar-refractivity contribution >= 4 is 15.1 Å². The van der Waals surface area contributed by atoms with Crippen LogP contribution in [0.4, 0.5) is 18.0 Å². The summed E-state index contributed by atoms with van der Waals surface area (Å²) in [5.74, 6) is 0. The molecule has 1 aliphatic rings. The molecule has 21 heavy (non-hydrogen) atoms. The molecule has 1 amide bonds. The number of morpholine rings is 1. The lowest BCUT2D eigenvalue weighted by molar-refractivity contribution is -0.233. The maximum atomic E-state index is 12.6. The number of benzene rings is 1. The Morgan fingerprint density at radius 2 is 1.86 bits per heavy atom. The molecule has 0 aliphatic carbocycles. The number of hydrogen-bond acceptors (Lipinski definition) is 4. The maximum absolute atomic E-state index is 12.6. The van der Waals surface area contributed by atoms with Crippen molar-refractivity contribution in [3.05, 3.63) is 30.3 Å². The molecule has 0 radical (unpaired) electrons. The zero-order valence-corrected chi connectivity index (χ0v) is 11.5. The molecule has 1 saturated heterocycles. The largest absolute Gasteiger partial charge is 0.416 e. The highest BCUT2D eigenvalue weighted by molar-refractivity contribution is 8.06. The van der Waals surface area contributed by atoms with E-state index in [0.717, 1.165) is 0 Å². The van der Waals surface area contributed by atoms with Gasteiger partial charge in [-0.2, -0.15) is 13.2 Å². The second kappa shape index (κ2) is 5.64. The van der Waals surface area contributed by atoms with E-state index < -0.39 is 33.9 Å². The Hall–Kier alpha value is -1.61. The van der Waals surface area contributed by atoms with E-state index in [1.165, 1.54) is 24.3 Å². The van der Waals surface area contributed by atoms with E-state index >= 15 is 0 Å². The minimum Gasteiger partial charge on any atom is -0.365 e. The third-order valence-electron chi connectivity index (χ3n) is 2.97. The first-order valence-electron chi connectivity index (χ1n) is 6.00. The second-order valence-corrected chi connectivity index (χ2v) is 6.26. The van der Waals surface area contributed by atoms with Crippen LogP contribution in [0.25, 0.3) is 0 Å². The van der Waals surface area contributed by atoms with E-state index in [4.69, 9.17) is 0 Å². The molecule has 1 aromatic carbocycles. The van der Waals surface area contributed by atoms with Crippen molar-refractivity contribution in [1.29, 1.82) is 0 Å². The number of ether oxygens (including phenoxy) is 1. The summed E-state index contributed by atoms with van der Waals surface area (Å²) in [6, 6.07) is 6.86. The molecule has 0 spiro atoms. The van der Waals surface area contributed by atoms with Crippen LogP contribution in [0.5, 0.6) is 0 Å². The molecule has 2 rings (SSSR count). The van der Waals surface area contributed by atoms with E-state index in [-0.39, 0.29) is 18.0 Å². The van der Waals surface area contributed by atoms with Gasteiger partial charge in [0.25, 0.3) is 9.84 Å². The fourth-order valence-electron chi connectivity index (χ4n) is 1.88. The average molecular weight is 323 g/mol. The van der Waals surface area contributed by atoms with Gasteiger partial charge in [-0.1, -0.05) is 18.2 Å². The predicted octanol–water partition coefficient (Wildman–Crippen LogP) is 1.84. The summed E-state index contributed by atoms with van der Waals surface area (Å²) in [5.41, 5.74) is 0. The summed E-state index contributed by atoms with van der Waals surface area (Å²) >= 11 is 0. The Morgan fingerprint density at radius 3 is 2.43 bits per heavy atom. The van der Waals surface area contributed by atoms with Gasteiger partial charge in [0.15, 0.2) is 6.10 Å². The van der Waals surface area contributed by atoms with Crippen LogP contribution in [0.3, 0.4) is 0 Å². The molecule has 1 aromatic rings. The summed E-state index contributed by atoms with van der Waals surface area (Å²) in [5, 5.41) is -1.34. The summed E-state index contributed by atoms with van der Waals surface area (Å²) < 4.78 is 66.4. The van der Waals surface area contributed by atoms with Crippen LogP contribution in [0.1, 0.15) is 0 Å². The van der Waals surface area contributed by atoms with Gasteiger partial charge >= 0.3 is 11.4 Å². The van der Waals surface area contributed by atoms with Gasteiger partial charge in [-0.05, 0) is 12.1 Å². The van der Waals surface area contributed by atoms with Gasteiger partial charge in [-0.25, -0.2) is 8.42 Å². The standard InChI is InChI=1S/C12H12F3NO4S/c13-12(14,15)10-8-16(6-7-20-10)11(17)21(18,19)9-4-2-1-3-5-9/h1-5,10H,6-8H2. The molecule has 1 fully saturated rings. The quantitative estimate of drug-likeness (QED) is 0.791. The van der Waals surface area contributed by atoms with Crippen molar-refractivity contribution in [2.75, 3.05) is 19.7 Å². The third-order valence-corrected chi connectivity index (χ3v) is 4.58. The highest BCUT2D eigenvalue weighted by atomic mass is 32.2. The van der Waals surface area contributed by atoms with Gasteiger partial charge in [0.1, 0.15) is 0 Å². The minimum absolute atomic E-state index is 0.197. The van der Waals surface area contributed by atoms with Crippen LogP contribution in [-0.2, 0) is 14.6 Å². The van der Waals surface area contributed by atoms with Crippen LogP contribution >= 0.6 is 0 Å². The van der Waals surface area contributed by atoms with Crippen LogP contribution < -0.4 is 0 Å².